The van der Waals surface area contributed by atoms with Crippen LogP contribution in [-0.2, 0) is 0 Å². The van der Waals surface area contributed by atoms with E-state index in [1.807, 2.05) is 34.0 Å². The fraction of sp³-hybridized carbons (Fsp3) is 0. The third kappa shape index (κ3) is 2.71. The molecule has 0 aliphatic rings. The van der Waals surface area contributed by atoms with Crippen molar-refractivity contribution in [3.8, 4) is 5.69 Å². The van der Waals surface area contributed by atoms with E-state index in [2.05, 4.69) is 120 Å². The Morgan fingerprint density at radius 2 is 0.950 bits per heavy atom. The molecular weight excluding hydrogens is 543 g/mol. The number of rotatable bonds is 1. The summed E-state index contributed by atoms with van der Waals surface area (Å²) in [6.45, 7) is 0. The zero-order chi connectivity index (χ0) is 25.9. The second kappa shape index (κ2) is 7.70. The van der Waals surface area contributed by atoms with E-state index in [0.717, 1.165) is 0 Å². The molecule has 0 aliphatic carbocycles. The Balaban J connectivity index is 1.45. The average Bonchev–Trinajstić information content (AvgIpc) is 3.74. The topological polar surface area (TPSA) is 4.93 Å². The van der Waals surface area contributed by atoms with Gasteiger partial charge in [0.25, 0.3) is 0 Å². The van der Waals surface area contributed by atoms with E-state index >= 15 is 0 Å². The number of benzene rings is 6. The van der Waals surface area contributed by atoms with Crippen LogP contribution in [0.2, 0.25) is 0 Å². The Morgan fingerprint density at radius 1 is 0.375 bits per heavy atom. The van der Waals surface area contributed by atoms with Crippen molar-refractivity contribution >= 4 is 116 Å². The molecular formula is C36H19NS3. The summed E-state index contributed by atoms with van der Waals surface area (Å²) in [5, 5.41) is 10.8. The normalized spacial score (nSPS) is 12.5. The molecule has 4 aromatic heterocycles. The molecule has 0 spiro atoms. The van der Waals surface area contributed by atoms with Crippen LogP contribution in [0.4, 0.5) is 0 Å². The maximum atomic E-state index is 2.51. The first-order valence-corrected chi connectivity index (χ1v) is 15.9. The van der Waals surface area contributed by atoms with E-state index in [9.17, 15) is 0 Å². The van der Waals surface area contributed by atoms with Crippen LogP contribution in [0, 0.1) is 0 Å². The summed E-state index contributed by atoms with van der Waals surface area (Å²) in [5.74, 6) is 0. The van der Waals surface area contributed by atoms with Gasteiger partial charge in [0.1, 0.15) is 0 Å². The lowest BCUT2D eigenvalue weighted by Gasteiger charge is -2.08. The Morgan fingerprint density at radius 3 is 1.77 bits per heavy atom. The van der Waals surface area contributed by atoms with Gasteiger partial charge < -0.3 is 4.57 Å². The number of hydrogen-bond donors (Lipinski definition) is 0. The van der Waals surface area contributed by atoms with E-state index in [1.54, 1.807) is 0 Å². The molecule has 0 aliphatic heterocycles. The Labute approximate surface area is 240 Å². The first-order chi connectivity index (χ1) is 19.8. The van der Waals surface area contributed by atoms with Crippen LogP contribution in [0.25, 0.3) is 88.0 Å². The van der Waals surface area contributed by atoms with Crippen LogP contribution < -0.4 is 0 Å². The standard InChI is InChI=1S/C36H19NS3/c1-5-11-29-21(7-1)23-14-15-27-35(36(23)40-29)34-26(16-18-32-33(34)24-9-3-6-12-30(24)39-32)37(27)20-13-17-31-25(19-20)22-8-2-4-10-28(22)38-31/h1-19H. The zero-order valence-electron chi connectivity index (χ0n) is 21.1. The maximum Gasteiger partial charge on any atom is 0.0556 e. The SMILES string of the molecule is c1ccc2c(c1)sc1ccc(-n3c4ccc5c6ccccc6sc5c4c4c5c(ccc43)sc3ccccc35)cc12. The molecule has 1 nitrogen and oxygen atoms in total. The zero-order valence-corrected chi connectivity index (χ0v) is 23.6. The second-order valence-corrected chi connectivity index (χ2v) is 13.7. The van der Waals surface area contributed by atoms with Gasteiger partial charge in [-0.15, -0.1) is 34.0 Å². The van der Waals surface area contributed by atoms with Crippen molar-refractivity contribution in [3.63, 3.8) is 0 Å². The van der Waals surface area contributed by atoms with E-state index in [1.165, 1.54) is 88.0 Å². The molecule has 0 radical (unpaired) electrons. The fourth-order valence-electron chi connectivity index (χ4n) is 6.71. The van der Waals surface area contributed by atoms with Gasteiger partial charge in [0, 0.05) is 77.0 Å². The molecule has 0 saturated heterocycles. The molecule has 40 heavy (non-hydrogen) atoms. The van der Waals surface area contributed by atoms with Gasteiger partial charge in [-0.1, -0.05) is 60.7 Å². The molecule has 10 aromatic rings. The van der Waals surface area contributed by atoms with Gasteiger partial charge in [0.05, 0.1) is 11.0 Å². The van der Waals surface area contributed by atoms with Crippen molar-refractivity contribution in [3.05, 3.63) is 115 Å². The third-order valence-electron chi connectivity index (χ3n) is 8.40. The van der Waals surface area contributed by atoms with Gasteiger partial charge in [-0.2, -0.15) is 0 Å². The predicted molar refractivity (Wildman–Crippen MR) is 179 cm³/mol. The lowest BCUT2D eigenvalue weighted by Crippen LogP contribution is -1.93. The largest absolute Gasteiger partial charge is 0.309 e. The summed E-state index contributed by atoms with van der Waals surface area (Å²) >= 11 is 5.71. The summed E-state index contributed by atoms with van der Waals surface area (Å²) in [6.07, 6.45) is 0. The van der Waals surface area contributed by atoms with Crippen LogP contribution in [0.1, 0.15) is 0 Å². The number of aromatic nitrogens is 1. The second-order valence-electron chi connectivity index (χ2n) is 10.5. The quantitative estimate of drug-likeness (QED) is 0.188. The molecule has 0 bridgehead atoms. The molecule has 186 valence electrons. The van der Waals surface area contributed by atoms with Crippen LogP contribution in [0.15, 0.2) is 115 Å². The molecule has 0 saturated carbocycles. The van der Waals surface area contributed by atoms with Crippen molar-refractivity contribution in [2.24, 2.45) is 0 Å². The van der Waals surface area contributed by atoms with E-state index in [0.29, 0.717) is 0 Å². The van der Waals surface area contributed by atoms with Gasteiger partial charge >= 0.3 is 0 Å². The minimum absolute atomic E-state index is 1.22. The highest BCUT2D eigenvalue weighted by Gasteiger charge is 2.21. The lowest BCUT2D eigenvalue weighted by atomic mass is 10.0. The molecule has 6 aromatic carbocycles. The smallest absolute Gasteiger partial charge is 0.0556 e. The third-order valence-corrected chi connectivity index (χ3v) is 11.9. The summed E-state index contributed by atoms with van der Waals surface area (Å²) in [6, 6.07) is 42.9. The first-order valence-electron chi connectivity index (χ1n) is 13.4. The van der Waals surface area contributed by atoms with Crippen LogP contribution in [0.5, 0.6) is 0 Å². The van der Waals surface area contributed by atoms with Gasteiger partial charge in [0.2, 0.25) is 0 Å². The Kier molecular flexibility index (Phi) is 4.16. The highest BCUT2D eigenvalue weighted by Crippen LogP contribution is 2.48. The van der Waals surface area contributed by atoms with Gasteiger partial charge in [-0.3, -0.25) is 0 Å². The summed E-state index contributed by atoms with van der Waals surface area (Å²) in [5.41, 5.74) is 3.76. The number of hydrogen-bond acceptors (Lipinski definition) is 3. The molecule has 4 heterocycles. The number of thiophene rings is 3. The molecule has 0 amide bonds. The van der Waals surface area contributed by atoms with Crippen LogP contribution in [0.3, 0.4) is 0 Å². The minimum atomic E-state index is 1.22. The molecule has 10 rings (SSSR count). The van der Waals surface area contributed by atoms with E-state index in [-0.39, 0.29) is 0 Å². The molecule has 0 atom stereocenters. The predicted octanol–water partition coefficient (Wildman–Crippen LogP) is 11.9. The number of nitrogens with zero attached hydrogens (tertiary/aromatic N) is 1. The van der Waals surface area contributed by atoms with Gasteiger partial charge in [-0.05, 0) is 54.6 Å². The monoisotopic (exact) mass is 561 g/mol. The van der Waals surface area contributed by atoms with Crippen molar-refractivity contribution in [2.75, 3.05) is 0 Å². The average molecular weight is 562 g/mol. The van der Waals surface area contributed by atoms with Gasteiger partial charge in [0.15, 0.2) is 0 Å². The van der Waals surface area contributed by atoms with Crippen molar-refractivity contribution in [2.45, 2.75) is 0 Å². The van der Waals surface area contributed by atoms with Crippen molar-refractivity contribution in [1.29, 1.82) is 0 Å². The summed E-state index contributed by atoms with van der Waals surface area (Å²) < 4.78 is 10.6. The molecule has 0 fully saturated rings. The van der Waals surface area contributed by atoms with Gasteiger partial charge in [-0.25, -0.2) is 0 Å². The first kappa shape index (κ1) is 21.6. The van der Waals surface area contributed by atoms with Crippen LogP contribution >= 0.6 is 34.0 Å². The molecule has 4 heteroatoms. The highest BCUT2D eigenvalue weighted by atomic mass is 32.1. The lowest BCUT2D eigenvalue weighted by molar-refractivity contribution is 1.19. The summed E-state index contributed by atoms with van der Waals surface area (Å²) in [4.78, 5) is 0. The highest BCUT2D eigenvalue weighted by molar-refractivity contribution is 7.27. The van der Waals surface area contributed by atoms with E-state index in [4.69, 9.17) is 0 Å². The fourth-order valence-corrected chi connectivity index (χ4v) is 10.2. The van der Waals surface area contributed by atoms with Crippen LogP contribution in [-0.4, -0.2) is 4.57 Å². The van der Waals surface area contributed by atoms with Crippen molar-refractivity contribution in [1.82, 2.24) is 4.57 Å². The Bertz CT molecular complexity index is 2660. The maximum absolute atomic E-state index is 2.51. The minimum Gasteiger partial charge on any atom is -0.309 e. The summed E-state index contributed by atoms with van der Waals surface area (Å²) in [7, 11) is 0. The Hall–Kier alpha value is -4.22. The number of fused-ring (bicyclic) bond motifs is 14. The molecule has 0 N–H and O–H groups in total. The molecule has 0 unspecified atom stereocenters. The van der Waals surface area contributed by atoms with Crippen molar-refractivity contribution < 1.29 is 0 Å². The van der Waals surface area contributed by atoms with E-state index < -0.39 is 0 Å².